The number of halogens is 2. The molecular formula is C14H14ClFN2O2. The van der Waals surface area contributed by atoms with E-state index in [1.807, 2.05) is 0 Å². The van der Waals surface area contributed by atoms with Gasteiger partial charge < -0.3 is 10.2 Å². The van der Waals surface area contributed by atoms with E-state index in [1.165, 1.54) is 0 Å². The van der Waals surface area contributed by atoms with Crippen molar-refractivity contribution < 1.29 is 14.0 Å². The van der Waals surface area contributed by atoms with Crippen LogP contribution in [0.2, 0.25) is 5.02 Å². The molecule has 2 rings (SSSR count). The van der Waals surface area contributed by atoms with E-state index in [1.54, 1.807) is 23.1 Å². The summed E-state index contributed by atoms with van der Waals surface area (Å²) < 4.78 is 12.5. The molecule has 0 unspecified atom stereocenters. The summed E-state index contributed by atoms with van der Waals surface area (Å²) in [6.07, 6.45) is 0.671. The van der Waals surface area contributed by atoms with Gasteiger partial charge in [-0.2, -0.15) is 0 Å². The Hall–Kier alpha value is -1.88. The number of nitrogens with one attached hydrogen (secondary N) is 1. The first kappa shape index (κ1) is 14.5. The largest absolute Gasteiger partial charge is 0.348 e. The highest BCUT2D eigenvalue weighted by atomic mass is 35.5. The molecule has 0 aromatic heterocycles. The molecule has 4 nitrogen and oxygen atoms in total. The molecule has 1 aliphatic heterocycles. The molecule has 1 aliphatic rings. The van der Waals surface area contributed by atoms with Crippen LogP contribution in [0.4, 0.5) is 4.39 Å². The zero-order valence-electron chi connectivity index (χ0n) is 10.8. The summed E-state index contributed by atoms with van der Waals surface area (Å²) in [5.74, 6) is -2.01. The lowest BCUT2D eigenvalue weighted by molar-refractivity contribution is -0.118. The minimum atomic E-state index is -1.04. The van der Waals surface area contributed by atoms with E-state index in [0.29, 0.717) is 30.1 Å². The Morgan fingerprint density at radius 3 is 2.95 bits per heavy atom. The molecule has 0 aliphatic carbocycles. The summed E-state index contributed by atoms with van der Waals surface area (Å²) in [5, 5.41) is 2.95. The topological polar surface area (TPSA) is 49.4 Å². The van der Waals surface area contributed by atoms with Crippen molar-refractivity contribution in [3.8, 4) is 0 Å². The van der Waals surface area contributed by atoms with Crippen molar-refractivity contribution in [1.82, 2.24) is 10.2 Å². The van der Waals surface area contributed by atoms with Crippen molar-refractivity contribution in [3.63, 3.8) is 0 Å². The highest BCUT2D eigenvalue weighted by Gasteiger charge is 2.25. The number of rotatable bonds is 4. The predicted molar refractivity (Wildman–Crippen MR) is 74.3 cm³/mol. The fourth-order valence-electron chi connectivity index (χ4n) is 2.15. The van der Waals surface area contributed by atoms with Gasteiger partial charge in [-0.15, -0.1) is 0 Å². The van der Waals surface area contributed by atoms with Crippen LogP contribution in [0.15, 0.2) is 30.6 Å². The Morgan fingerprint density at radius 2 is 2.25 bits per heavy atom. The lowest BCUT2D eigenvalue weighted by Crippen LogP contribution is -2.42. The molecule has 20 heavy (non-hydrogen) atoms. The summed E-state index contributed by atoms with van der Waals surface area (Å²) in [4.78, 5) is 24.9. The third-order valence-electron chi connectivity index (χ3n) is 3.18. The van der Waals surface area contributed by atoms with E-state index in [2.05, 4.69) is 11.9 Å². The molecule has 1 heterocycles. The molecule has 0 fully saturated rings. The van der Waals surface area contributed by atoms with E-state index < -0.39 is 11.7 Å². The average Bonchev–Trinajstić information content (AvgIpc) is 2.42. The zero-order valence-corrected chi connectivity index (χ0v) is 11.5. The van der Waals surface area contributed by atoms with E-state index in [4.69, 9.17) is 11.6 Å². The molecule has 106 valence electrons. The molecule has 1 aromatic carbocycles. The molecule has 0 spiro atoms. The maximum atomic E-state index is 12.5. The van der Waals surface area contributed by atoms with Gasteiger partial charge in [0.2, 0.25) is 0 Å². The number of carbonyl (C=O) groups excluding carboxylic acids is 2. The van der Waals surface area contributed by atoms with Crippen molar-refractivity contribution in [2.45, 2.75) is 6.42 Å². The SMILES string of the molecule is C=C(F)C(=O)NCCN1CCc2c(Cl)cccc2C1=O. The van der Waals surface area contributed by atoms with Gasteiger partial charge in [0.1, 0.15) is 0 Å². The minimum Gasteiger partial charge on any atom is -0.348 e. The van der Waals surface area contributed by atoms with Crippen LogP contribution in [0.1, 0.15) is 15.9 Å². The first-order chi connectivity index (χ1) is 9.50. The molecule has 1 aromatic rings. The van der Waals surface area contributed by atoms with Gasteiger partial charge in [0.25, 0.3) is 11.8 Å². The number of nitrogens with zero attached hydrogens (tertiary/aromatic N) is 1. The van der Waals surface area contributed by atoms with Crippen LogP contribution < -0.4 is 5.32 Å². The van der Waals surface area contributed by atoms with Gasteiger partial charge in [-0.25, -0.2) is 4.39 Å². The number of amides is 2. The monoisotopic (exact) mass is 296 g/mol. The lowest BCUT2D eigenvalue weighted by atomic mass is 9.99. The Labute approximate surface area is 121 Å². The third-order valence-corrected chi connectivity index (χ3v) is 3.54. The Balaban J connectivity index is 1.98. The van der Waals surface area contributed by atoms with Crippen LogP contribution in [0.25, 0.3) is 0 Å². The van der Waals surface area contributed by atoms with Gasteiger partial charge in [-0.05, 0) is 24.1 Å². The van der Waals surface area contributed by atoms with Crippen LogP contribution >= 0.6 is 11.6 Å². The Kier molecular flexibility index (Phi) is 4.39. The maximum absolute atomic E-state index is 12.5. The number of fused-ring (bicyclic) bond motifs is 1. The molecule has 0 radical (unpaired) electrons. The minimum absolute atomic E-state index is 0.123. The highest BCUT2D eigenvalue weighted by Crippen LogP contribution is 2.25. The highest BCUT2D eigenvalue weighted by molar-refractivity contribution is 6.32. The second-order valence-corrected chi connectivity index (χ2v) is 4.88. The van der Waals surface area contributed by atoms with E-state index in [9.17, 15) is 14.0 Å². The van der Waals surface area contributed by atoms with Crippen molar-refractivity contribution in [3.05, 3.63) is 46.8 Å². The summed E-state index contributed by atoms with van der Waals surface area (Å²) in [5.41, 5.74) is 1.45. The van der Waals surface area contributed by atoms with Crippen LogP contribution in [-0.4, -0.2) is 36.3 Å². The molecule has 0 saturated heterocycles. The van der Waals surface area contributed by atoms with Crippen molar-refractivity contribution in [2.75, 3.05) is 19.6 Å². The van der Waals surface area contributed by atoms with Crippen molar-refractivity contribution in [1.29, 1.82) is 0 Å². The maximum Gasteiger partial charge on any atom is 0.279 e. The molecule has 6 heteroatoms. The second kappa shape index (κ2) is 6.05. The van der Waals surface area contributed by atoms with Crippen LogP contribution in [0.3, 0.4) is 0 Å². The van der Waals surface area contributed by atoms with Gasteiger partial charge in [-0.1, -0.05) is 24.2 Å². The molecule has 0 saturated carbocycles. The Morgan fingerprint density at radius 1 is 1.50 bits per heavy atom. The smallest absolute Gasteiger partial charge is 0.279 e. The third kappa shape index (κ3) is 2.99. The predicted octanol–water partition coefficient (Wildman–Crippen LogP) is 1.94. The molecule has 0 bridgehead atoms. The van der Waals surface area contributed by atoms with E-state index >= 15 is 0 Å². The fourth-order valence-corrected chi connectivity index (χ4v) is 2.41. The molecular weight excluding hydrogens is 283 g/mol. The normalized spacial score (nSPS) is 13.9. The molecule has 0 atom stereocenters. The number of hydrogen-bond acceptors (Lipinski definition) is 2. The van der Waals surface area contributed by atoms with Gasteiger partial charge in [0, 0.05) is 30.2 Å². The standard InChI is InChI=1S/C14H14ClFN2O2/c1-9(16)13(19)17-6-8-18-7-5-10-11(14(18)20)3-2-4-12(10)15/h2-4H,1,5-8H2,(H,17,19). The number of benzene rings is 1. The van der Waals surface area contributed by atoms with Gasteiger partial charge in [0.05, 0.1) is 0 Å². The van der Waals surface area contributed by atoms with Gasteiger partial charge in [-0.3, -0.25) is 9.59 Å². The van der Waals surface area contributed by atoms with Crippen LogP contribution in [0, 0.1) is 0 Å². The number of hydrogen-bond donors (Lipinski definition) is 1. The summed E-state index contributed by atoms with van der Waals surface area (Å²) in [6.45, 7) is 3.94. The fraction of sp³-hybridized carbons (Fsp3) is 0.286. The summed E-state index contributed by atoms with van der Waals surface area (Å²) in [6, 6.07) is 5.23. The Bertz CT molecular complexity index is 574. The average molecular weight is 297 g/mol. The first-order valence-electron chi connectivity index (χ1n) is 6.20. The second-order valence-electron chi connectivity index (χ2n) is 4.47. The summed E-state index contributed by atoms with van der Waals surface area (Å²) >= 11 is 6.06. The van der Waals surface area contributed by atoms with Crippen molar-refractivity contribution in [2.24, 2.45) is 0 Å². The lowest BCUT2D eigenvalue weighted by Gasteiger charge is -2.29. The van der Waals surface area contributed by atoms with Gasteiger partial charge >= 0.3 is 0 Å². The van der Waals surface area contributed by atoms with Crippen LogP contribution in [-0.2, 0) is 11.2 Å². The quantitative estimate of drug-likeness (QED) is 0.863. The summed E-state index contributed by atoms with van der Waals surface area (Å²) in [7, 11) is 0. The van der Waals surface area contributed by atoms with Gasteiger partial charge in [0.15, 0.2) is 5.83 Å². The van der Waals surface area contributed by atoms with Crippen LogP contribution in [0.5, 0.6) is 0 Å². The molecule has 1 N–H and O–H groups in total. The van der Waals surface area contributed by atoms with E-state index in [-0.39, 0.29) is 12.5 Å². The first-order valence-corrected chi connectivity index (χ1v) is 6.57. The van der Waals surface area contributed by atoms with Crippen molar-refractivity contribution >= 4 is 23.4 Å². The van der Waals surface area contributed by atoms with E-state index in [0.717, 1.165) is 5.56 Å². The number of carbonyl (C=O) groups is 2. The molecule has 2 amide bonds. The zero-order chi connectivity index (χ0) is 14.7.